The Labute approximate surface area is 105 Å². The standard InChI is InChI=1S/C12H8N2O3S/c15-10-3-4-14-8-2-1-7(6-11(16)17)5-9(8)18-12(14)13-10/h1-5H,6H2,(H,16,17). The lowest BCUT2D eigenvalue weighted by Gasteiger charge is -1.97. The lowest BCUT2D eigenvalue weighted by Crippen LogP contribution is -2.04. The van der Waals surface area contributed by atoms with Gasteiger partial charge >= 0.3 is 5.97 Å². The second-order valence-corrected chi connectivity index (χ2v) is 4.90. The van der Waals surface area contributed by atoms with Crippen molar-refractivity contribution in [1.82, 2.24) is 9.38 Å². The molecule has 0 saturated carbocycles. The smallest absolute Gasteiger partial charge is 0.307 e. The highest BCUT2D eigenvalue weighted by Gasteiger charge is 2.07. The normalized spacial score (nSPS) is 11.1. The molecule has 0 spiro atoms. The van der Waals surface area contributed by atoms with E-state index in [0.29, 0.717) is 4.96 Å². The Balaban J connectivity index is 2.26. The number of nitrogens with zero attached hydrogens (tertiary/aromatic N) is 2. The maximum Gasteiger partial charge on any atom is 0.307 e. The molecule has 0 aliphatic heterocycles. The van der Waals surface area contributed by atoms with Crippen LogP contribution in [0.2, 0.25) is 0 Å². The molecule has 0 bridgehead atoms. The second kappa shape index (κ2) is 3.92. The number of rotatable bonds is 2. The zero-order valence-corrected chi connectivity index (χ0v) is 9.98. The molecule has 0 unspecified atom stereocenters. The monoisotopic (exact) mass is 260 g/mol. The molecular weight excluding hydrogens is 252 g/mol. The van der Waals surface area contributed by atoms with Crippen molar-refractivity contribution < 1.29 is 9.90 Å². The molecule has 5 nitrogen and oxygen atoms in total. The number of carboxylic acid groups (broad SMARTS) is 1. The van der Waals surface area contributed by atoms with Crippen molar-refractivity contribution in [2.75, 3.05) is 0 Å². The SMILES string of the molecule is O=C(O)Cc1ccc2c(c1)sc1nc(=O)ccn12. The molecule has 2 heterocycles. The first-order chi connectivity index (χ1) is 8.63. The van der Waals surface area contributed by atoms with Crippen molar-refractivity contribution in [3.05, 3.63) is 46.4 Å². The number of carbonyl (C=O) groups is 1. The third kappa shape index (κ3) is 1.76. The molecule has 0 aliphatic rings. The van der Waals surface area contributed by atoms with Crippen molar-refractivity contribution in [1.29, 1.82) is 0 Å². The minimum Gasteiger partial charge on any atom is -0.481 e. The van der Waals surface area contributed by atoms with E-state index in [-0.39, 0.29) is 12.0 Å². The first-order valence-electron chi connectivity index (χ1n) is 5.26. The summed E-state index contributed by atoms with van der Waals surface area (Å²) >= 11 is 1.38. The number of thiazole rings is 1. The second-order valence-electron chi connectivity index (χ2n) is 3.89. The van der Waals surface area contributed by atoms with E-state index in [1.54, 1.807) is 12.3 Å². The van der Waals surface area contributed by atoms with Gasteiger partial charge in [0, 0.05) is 12.3 Å². The number of carboxylic acids is 1. The zero-order chi connectivity index (χ0) is 12.7. The van der Waals surface area contributed by atoms with E-state index in [9.17, 15) is 9.59 Å². The molecule has 0 aliphatic carbocycles. The third-order valence-corrected chi connectivity index (χ3v) is 3.64. The van der Waals surface area contributed by atoms with Gasteiger partial charge in [-0.15, -0.1) is 0 Å². The molecule has 3 rings (SSSR count). The summed E-state index contributed by atoms with van der Waals surface area (Å²) in [5, 5.41) is 8.76. The van der Waals surface area contributed by atoms with Gasteiger partial charge < -0.3 is 5.11 Å². The third-order valence-electron chi connectivity index (χ3n) is 2.62. The molecule has 90 valence electrons. The van der Waals surface area contributed by atoms with Gasteiger partial charge in [0.1, 0.15) is 0 Å². The molecule has 0 saturated heterocycles. The summed E-state index contributed by atoms with van der Waals surface area (Å²) in [6, 6.07) is 6.86. The van der Waals surface area contributed by atoms with Gasteiger partial charge in [-0.05, 0) is 17.7 Å². The van der Waals surface area contributed by atoms with Gasteiger partial charge in [-0.2, -0.15) is 4.98 Å². The molecule has 0 atom stereocenters. The number of fused-ring (bicyclic) bond motifs is 3. The van der Waals surface area contributed by atoms with Crippen LogP contribution >= 0.6 is 11.3 Å². The predicted molar refractivity (Wildman–Crippen MR) is 68.2 cm³/mol. The van der Waals surface area contributed by atoms with E-state index in [2.05, 4.69) is 4.98 Å². The Hall–Kier alpha value is -2.21. The Morgan fingerprint density at radius 3 is 3.00 bits per heavy atom. The molecular formula is C12H8N2O3S. The van der Waals surface area contributed by atoms with Crippen molar-refractivity contribution in [2.24, 2.45) is 0 Å². The van der Waals surface area contributed by atoms with E-state index in [1.165, 1.54) is 17.4 Å². The lowest BCUT2D eigenvalue weighted by atomic mass is 10.1. The first kappa shape index (κ1) is 10.9. The van der Waals surface area contributed by atoms with E-state index < -0.39 is 5.97 Å². The molecule has 0 radical (unpaired) electrons. The van der Waals surface area contributed by atoms with Crippen LogP contribution in [0.1, 0.15) is 5.56 Å². The molecule has 1 aromatic carbocycles. The zero-order valence-electron chi connectivity index (χ0n) is 9.16. The molecule has 0 amide bonds. The molecule has 18 heavy (non-hydrogen) atoms. The number of hydrogen-bond donors (Lipinski definition) is 1. The molecule has 0 fully saturated rings. The summed E-state index contributed by atoms with van der Waals surface area (Å²) in [5.74, 6) is -0.858. The fourth-order valence-corrected chi connectivity index (χ4v) is 2.94. The van der Waals surface area contributed by atoms with Crippen LogP contribution in [0, 0.1) is 0 Å². The van der Waals surface area contributed by atoms with Gasteiger partial charge in [0.2, 0.25) is 0 Å². The number of hydrogen-bond acceptors (Lipinski definition) is 4. The van der Waals surface area contributed by atoms with Crippen molar-refractivity contribution in [2.45, 2.75) is 6.42 Å². The maximum absolute atomic E-state index is 11.2. The van der Waals surface area contributed by atoms with Gasteiger partial charge in [0.25, 0.3) is 5.56 Å². The van der Waals surface area contributed by atoms with Gasteiger partial charge in [0.05, 0.1) is 16.6 Å². The minimum absolute atomic E-state index is 0.00487. The predicted octanol–water partition coefficient (Wildman–Crippen LogP) is 1.54. The summed E-state index contributed by atoms with van der Waals surface area (Å²) in [7, 11) is 0. The Morgan fingerprint density at radius 2 is 2.22 bits per heavy atom. The number of benzene rings is 1. The summed E-state index contributed by atoms with van der Waals surface area (Å²) < 4.78 is 2.75. The van der Waals surface area contributed by atoms with Gasteiger partial charge in [-0.3, -0.25) is 14.0 Å². The highest BCUT2D eigenvalue weighted by atomic mass is 32.1. The van der Waals surface area contributed by atoms with Crippen LogP contribution in [-0.4, -0.2) is 20.5 Å². The van der Waals surface area contributed by atoms with Crippen LogP contribution in [0.4, 0.5) is 0 Å². The van der Waals surface area contributed by atoms with Crippen molar-refractivity contribution >= 4 is 32.5 Å². The minimum atomic E-state index is -0.858. The summed E-state index contributed by atoms with van der Waals surface area (Å²) in [6.07, 6.45) is 1.68. The Kier molecular flexibility index (Phi) is 2.38. The molecule has 3 aromatic rings. The van der Waals surface area contributed by atoms with Crippen molar-refractivity contribution in [3.8, 4) is 0 Å². The highest BCUT2D eigenvalue weighted by molar-refractivity contribution is 7.23. The van der Waals surface area contributed by atoms with E-state index in [0.717, 1.165) is 15.8 Å². The summed E-state index contributed by atoms with van der Waals surface area (Å²) in [4.78, 5) is 26.4. The molecule has 2 aromatic heterocycles. The largest absolute Gasteiger partial charge is 0.481 e. The summed E-state index contributed by atoms with van der Waals surface area (Å²) in [6.45, 7) is 0. The Bertz CT molecular complexity index is 819. The lowest BCUT2D eigenvalue weighted by molar-refractivity contribution is -0.136. The summed E-state index contributed by atoms with van der Waals surface area (Å²) in [5.41, 5.74) is 1.40. The van der Waals surface area contributed by atoms with Gasteiger partial charge in [-0.1, -0.05) is 17.4 Å². The maximum atomic E-state index is 11.2. The topological polar surface area (TPSA) is 71.7 Å². The highest BCUT2D eigenvalue weighted by Crippen LogP contribution is 2.25. The average molecular weight is 260 g/mol. The number of aromatic nitrogens is 2. The van der Waals surface area contributed by atoms with Crippen LogP contribution in [-0.2, 0) is 11.2 Å². The fourth-order valence-electron chi connectivity index (χ4n) is 1.87. The van der Waals surface area contributed by atoms with E-state index >= 15 is 0 Å². The van der Waals surface area contributed by atoms with Crippen LogP contribution in [0.15, 0.2) is 35.3 Å². The fraction of sp³-hybridized carbons (Fsp3) is 0.0833. The first-order valence-corrected chi connectivity index (χ1v) is 6.08. The molecule has 1 N–H and O–H groups in total. The molecule has 6 heteroatoms. The van der Waals surface area contributed by atoms with Gasteiger partial charge in [-0.25, -0.2) is 0 Å². The van der Waals surface area contributed by atoms with Crippen LogP contribution in [0.25, 0.3) is 15.2 Å². The Morgan fingerprint density at radius 1 is 1.39 bits per heavy atom. The number of aliphatic carboxylic acids is 1. The van der Waals surface area contributed by atoms with Gasteiger partial charge in [0.15, 0.2) is 4.96 Å². The van der Waals surface area contributed by atoms with Crippen LogP contribution in [0.3, 0.4) is 0 Å². The van der Waals surface area contributed by atoms with Crippen LogP contribution in [0.5, 0.6) is 0 Å². The van der Waals surface area contributed by atoms with E-state index in [1.807, 2.05) is 16.5 Å². The van der Waals surface area contributed by atoms with Crippen molar-refractivity contribution in [3.63, 3.8) is 0 Å². The average Bonchev–Trinajstić information content (AvgIpc) is 2.64. The quantitative estimate of drug-likeness (QED) is 0.758. The van der Waals surface area contributed by atoms with Crippen LogP contribution < -0.4 is 5.56 Å². The van der Waals surface area contributed by atoms with E-state index in [4.69, 9.17) is 5.11 Å².